The van der Waals surface area contributed by atoms with Gasteiger partial charge in [0, 0.05) is 13.0 Å². The summed E-state index contributed by atoms with van der Waals surface area (Å²) in [7, 11) is -3.98. The van der Waals surface area contributed by atoms with E-state index in [1.54, 1.807) is 51.1 Å². The van der Waals surface area contributed by atoms with Gasteiger partial charge < -0.3 is 25.2 Å². The molecule has 0 saturated heterocycles. The van der Waals surface area contributed by atoms with Crippen LogP contribution in [0.5, 0.6) is 0 Å². The van der Waals surface area contributed by atoms with E-state index >= 15 is 0 Å². The molecule has 0 radical (unpaired) electrons. The number of carboxylic acid groups (broad SMARTS) is 1. The molecule has 1 aromatic rings. The second-order valence-electron chi connectivity index (χ2n) is 7.64. The van der Waals surface area contributed by atoms with E-state index < -0.39 is 52.4 Å². The van der Waals surface area contributed by atoms with Crippen LogP contribution in [-0.2, 0) is 35.2 Å². The van der Waals surface area contributed by atoms with Crippen LogP contribution in [0, 0.1) is 0 Å². The molecule has 2 atom stereocenters. The summed E-state index contributed by atoms with van der Waals surface area (Å²) in [5.74, 6) is -1.43. The SMILES string of the molecule is CC(C)(C)OC(=O)NC(C[C@H](CNC(=O)OCc1ccccc1)OS(C)(=O)=O)C(=O)O. The molecule has 2 amide bonds. The number of carbonyl (C=O) groups excluding carboxylic acids is 2. The van der Waals surface area contributed by atoms with Crippen molar-refractivity contribution in [1.82, 2.24) is 10.6 Å². The van der Waals surface area contributed by atoms with Gasteiger partial charge in [0.25, 0.3) is 10.1 Å². The third-order valence-electron chi connectivity index (χ3n) is 3.49. The third-order valence-corrected chi connectivity index (χ3v) is 4.11. The summed E-state index contributed by atoms with van der Waals surface area (Å²) in [6, 6.07) is 7.34. The molecular weight excluding hydrogens is 432 g/mol. The molecule has 12 heteroatoms. The van der Waals surface area contributed by atoms with Crippen LogP contribution in [0.1, 0.15) is 32.8 Å². The first-order valence-corrected chi connectivity index (χ1v) is 11.1. The van der Waals surface area contributed by atoms with E-state index in [9.17, 15) is 27.9 Å². The topological polar surface area (TPSA) is 157 Å². The van der Waals surface area contributed by atoms with Crippen molar-refractivity contribution < 1.29 is 41.6 Å². The maximum Gasteiger partial charge on any atom is 0.408 e. The van der Waals surface area contributed by atoms with E-state index in [1.165, 1.54) is 0 Å². The number of hydrogen-bond acceptors (Lipinski definition) is 8. The van der Waals surface area contributed by atoms with Crippen molar-refractivity contribution in [3.63, 3.8) is 0 Å². The summed E-state index contributed by atoms with van der Waals surface area (Å²) in [6.45, 7) is 4.41. The summed E-state index contributed by atoms with van der Waals surface area (Å²) < 4.78 is 38.0. The Morgan fingerprint density at radius 2 is 1.71 bits per heavy atom. The Hall–Kier alpha value is -2.86. The number of nitrogens with one attached hydrogen (secondary N) is 2. The van der Waals surface area contributed by atoms with Crippen molar-refractivity contribution in [1.29, 1.82) is 0 Å². The summed E-state index contributed by atoms with van der Waals surface area (Å²) in [6.07, 6.45) is -2.80. The molecule has 0 aliphatic rings. The average Bonchev–Trinajstić information content (AvgIpc) is 2.62. The molecule has 1 aromatic carbocycles. The fourth-order valence-electron chi connectivity index (χ4n) is 2.31. The first-order chi connectivity index (χ1) is 14.2. The number of carbonyl (C=O) groups is 3. The molecule has 0 saturated carbocycles. The van der Waals surface area contributed by atoms with E-state index in [-0.39, 0.29) is 13.2 Å². The molecule has 1 unspecified atom stereocenters. The molecule has 0 fully saturated rings. The number of alkyl carbamates (subject to hydrolysis) is 2. The lowest BCUT2D eigenvalue weighted by Gasteiger charge is -2.24. The maximum absolute atomic E-state index is 11.9. The fourth-order valence-corrected chi connectivity index (χ4v) is 2.95. The van der Waals surface area contributed by atoms with Crippen molar-refractivity contribution in [3.05, 3.63) is 35.9 Å². The van der Waals surface area contributed by atoms with Gasteiger partial charge in [-0.15, -0.1) is 0 Å². The van der Waals surface area contributed by atoms with Crippen molar-refractivity contribution in [3.8, 4) is 0 Å². The van der Waals surface area contributed by atoms with E-state index in [0.29, 0.717) is 0 Å². The molecular formula is C19H28N2O9S. The minimum Gasteiger partial charge on any atom is -0.480 e. The Labute approximate surface area is 181 Å². The van der Waals surface area contributed by atoms with Gasteiger partial charge in [-0.05, 0) is 26.3 Å². The molecule has 0 aliphatic heterocycles. The van der Waals surface area contributed by atoms with Gasteiger partial charge in [-0.25, -0.2) is 14.4 Å². The van der Waals surface area contributed by atoms with Gasteiger partial charge >= 0.3 is 18.2 Å². The number of ether oxygens (including phenoxy) is 2. The first-order valence-electron chi connectivity index (χ1n) is 9.30. The van der Waals surface area contributed by atoms with Crippen LogP contribution >= 0.6 is 0 Å². The van der Waals surface area contributed by atoms with Gasteiger partial charge in [-0.1, -0.05) is 30.3 Å². The molecule has 3 N–H and O–H groups in total. The zero-order chi connectivity index (χ0) is 23.7. The first kappa shape index (κ1) is 26.2. The summed E-state index contributed by atoms with van der Waals surface area (Å²) in [5, 5.41) is 13.8. The van der Waals surface area contributed by atoms with Crippen LogP contribution < -0.4 is 10.6 Å². The third kappa shape index (κ3) is 12.4. The Morgan fingerprint density at radius 3 is 2.23 bits per heavy atom. The minimum atomic E-state index is -3.98. The highest BCUT2D eigenvalue weighted by molar-refractivity contribution is 7.86. The molecule has 31 heavy (non-hydrogen) atoms. The van der Waals surface area contributed by atoms with E-state index in [1.807, 2.05) is 0 Å². The highest BCUT2D eigenvalue weighted by Gasteiger charge is 2.29. The molecule has 1 rings (SSSR count). The zero-order valence-electron chi connectivity index (χ0n) is 17.8. The highest BCUT2D eigenvalue weighted by atomic mass is 32.2. The number of amides is 2. The van der Waals surface area contributed by atoms with Gasteiger partial charge in [-0.2, -0.15) is 8.42 Å². The summed E-state index contributed by atoms with van der Waals surface area (Å²) in [5.41, 5.74) is -0.117. The summed E-state index contributed by atoms with van der Waals surface area (Å²) in [4.78, 5) is 35.3. The smallest absolute Gasteiger partial charge is 0.408 e. The van der Waals surface area contributed by atoms with Gasteiger partial charge in [0.05, 0.1) is 12.4 Å². The van der Waals surface area contributed by atoms with E-state index in [0.717, 1.165) is 11.8 Å². The monoisotopic (exact) mass is 460 g/mol. The van der Waals surface area contributed by atoms with Crippen LogP contribution in [0.15, 0.2) is 30.3 Å². The number of aliphatic carboxylic acids is 1. The van der Waals surface area contributed by atoms with Gasteiger partial charge in [0.1, 0.15) is 18.2 Å². The number of hydrogen-bond donors (Lipinski definition) is 3. The predicted octanol–water partition coefficient (Wildman–Crippen LogP) is 1.63. The van der Waals surface area contributed by atoms with Gasteiger partial charge in [-0.3, -0.25) is 4.18 Å². The van der Waals surface area contributed by atoms with Crippen LogP contribution in [0.3, 0.4) is 0 Å². The molecule has 0 bridgehead atoms. The normalized spacial score (nSPS) is 13.5. The number of rotatable bonds is 10. The fraction of sp³-hybridized carbons (Fsp3) is 0.526. The largest absolute Gasteiger partial charge is 0.480 e. The lowest BCUT2D eigenvalue weighted by molar-refractivity contribution is -0.140. The van der Waals surface area contributed by atoms with Crippen molar-refractivity contribution >= 4 is 28.3 Å². The van der Waals surface area contributed by atoms with Gasteiger partial charge in [0.15, 0.2) is 0 Å². The van der Waals surface area contributed by atoms with Crippen molar-refractivity contribution in [2.75, 3.05) is 12.8 Å². The standard InChI is InChI=1S/C19H28N2O9S/c1-19(2,3)29-18(25)21-15(16(22)23)10-14(30-31(4,26)27)11-20-17(24)28-12-13-8-6-5-7-9-13/h5-9,14-15H,10-12H2,1-4H3,(H,20,24)(H,21,25)(H,22,23)/t14-,15?/m1/s1. The average molecular weight is 461 g/mol. The molecule has 174 valence electrons. The Kier molecular flexibility index (Phi) is 9.72. The summed E-state index contributed by atoms with van der Waals surface area (Å²) >= 11 is 0. The Bertz CT molecular complexity index is 851. The van der Waals surface area contributed by atoms with E-state index in [2.05, 4.69) is 10.6 Å². The zero-order valence-corrected chi connectivity index (χ0v) is 18.6. The Morgan fingerprint density at radius 1 is 1.10 bits per heavy atom. The van der Waals surface area contributed by atoms with Crippen LogP contribution in [-0.4, -0.2) is 62.2 Å². The Balaban J connectivity index is 2.71. The van der Waals surface area contributed by atoms with Crippen LogP contribution in [0.2, 0.25) is 0 Å². The van der Waals surface area contributed by atoms with Crippen molar-refractivity contribution in [2.24, 2.45) is 0 Å². The second kappa shape index (κ2) is 11.5. The minimum absolute atomic E-state index is 0.0117. The molecule has 0 spiro atoms. The number of benzene rings is 1. The van der Waals surface area contributed by atoms with Crippen molar-refractivity contribution in [2.45, 2.75) is 51.5 Å². The van der Waals surface area contributed by atoms with Gasteiger partial charge in [0.2, 0.25) is 0 Å². The number of carboxylic acids is 1. The second-order valence-corrected chi connectivity index (χ2v) is 9.24. The van der Waals surface area contributed by atoms with Crippen LogP contribution in [0.25, 0.3) is 0 Å². The lowest BCUT2D eigenvalue weighted by Crippen LogP contribution is -2.47. The quantitative estimate of drug-likeness (QED) is 0.441. The predicted molar refractivity (Wildman–Crippen MR) is 110 cm³/mol. The maximum atomic E-state index is 11.9. The van der Waals surface area contributed by atoms with Crippen LogP contribution in [0.4, 0.5) is 9.59 Å². The molecule has 11 nitrogen and oxygen atoms in total. The molecule has 0 aliphatic carbocycles. The molecule has 0 heterocycles. The lowest BCUT2D eigenvalue weighted by atomic mass is 10.1. The highest BCUT2D eigenvalue weighted by Crippen LogP contribution is 2.10. The van der Waals surface area contributed by atoms with E-state index in [4.69, 9.17) is 13.7 Å². The molecule has 0 aromatic heterocycles.